The predicted molar refractivity (Wildman–Crippen MR) is 215 cm³/mol. The van der Waals surface area contributed by atoms with Crippen LogP contribution < -0.4 is 0 Å². The predicted octanol–water partition coefficient (Wildman–Crippen LogP) is 15.1. The Bertz CT molecular complexity index is 1970. The van der Waals surface area contributed by atoms with E-state index in [2.05, 4.69) is 38.1 Å². The third kappa shape index (κ3) is 17.2. The van der Waals surface area contributed by atoms with Gasteiger partial charge in [-0.15, -0.1) is 0 Å². The SMILES string of the molecule is Cc1cc(F)c(C)c(F)c1.Cc1cc(F)c(C)c(F)c1.Cc1ccc(C)c(F)c1.Cc1ccc(C)c(F)c1F.Cc1ccc(C)c(F)c1F.Cc1ccc(C)cc1. The molecule has 0 bridgehead atoms. The van der Waals surface area contributed by atoms with Gasteiger partial charge in [-0.1, -0.05) is 71.8 Å². The highest BCUT2D eigenvalue weighted by Gasteiger charge is 2.07. The minimum absolute atomic E-state index is 0.0885. The van der Waals surface area contributed by atoms with Gasteiger partial charge in [-0.05, 0) is 158 Å². The quantitative estimate of drug-likeness (QED) is 0.134. The summed E-state index contributed by atoms with van der Waals surface area (Å²) in [5.74, 6) is -4.96. The zero-order chi connectivity index (χ0) is 43.7. The van der Waals surface area contributed by atoms with Gasteiger partial charge < -0.3 is 0 Å². The first-order valence-corrected chi connectivity index (χ1v) is 17.9. The van der Waals surface area contributed by atoms with E-state index in [0.717, 1.165) is 5.56 Å². The van der Waals surface area contributed by atoms with E-state index in [9.17, 15) is 39.5 Å². The molecule has 0 heterocycles. The average molecular weight is 799 g/mol. The maximum atomic E-state index is 12.6. The standard InChI is InChI=1S/4C8H8F2.C8H9F.C8H10/c2*1-5-3-7(9)6(2)8(10)4-5;2*1-5-3-4-6(2)8(10)7(5)9;1-6-3-4-7(2)8(9)5-6;1-7-3-5-8(2)6-4-7/h4*3-4H,1-2H3;3-5H,1-2H3;3-6H,1-2H3. The minimum atomic E-state index is -0.736. The molecule has 0 atom stereocenters. The van der Waals surface area contributed by atoms with Crippen LogP contribution in [0.2, 0.25) is 0 Å². The number of halogens is 9. The lowest BCUT2D eigenvalue weighted by Crippen LogP contribution is -1.91. The van der Waals surface area contributed by atoms with Gasteiger partial charge in [0.25, 0.3) is 0 Å². The maximum absolute atomic E-state index is 12.6. The van der Waals surface area contributed by atoms with Crippen LogP contribution in [0.5, 0.6) is 0 Å². The lowest BCUT2D eigenvalue weighted by atomic mass is 10.1. The zero-order valence-corrected chi connectivity index (χ0v) is 34.6. The van der Waals surface area contributed by atoms with Gasteiger partial charge in [0, 0.05) is 11.1 Å². The molecule has 0 nitrogen and oxygen atoms in total. The third-order valence-electron chi connectivity index (χ3n) is 8.33. The van der Waals surface area contributed by atoms with Crippen molar-refractivity contribution in [1.29, 1.82) is 0 Å². The first-order valence-electron chi connectivity index (χ1n) is 17.9. The maximum Gasteiger partial charge on any atom is 0.161 e. The first-order chi connectivity index (χ1) is 26.5. The number of hydrogen-bond donors (Lipinski definition) is 0. The van der Waals surface area contributed by atoms with Crippen molar-refractivity contribution in [3.63, 3.8) is 0 Å². The van der Waals surface area contributed by atoms with Gasteiger partial charge in [0.15, 0.2) is 23.3 Å². The molecule has 6 aromatic rings. The van der Waals surface area contributed by atoms with Crippen LogP contribution in [0.1, 0.15) is 66.8 Å². The highest BCUT2D eigenvalue weighted by Crippen LogP contribution is 2.16. The van der Waals surface area contributed by atoms with Crippen LogP contribution >= 0.6 is 0 Å². The molecule has 6 aromatic carbocycles. The number of aryl methyl sites for hydroxylation is 10. The summed E-state index contributed by atoms with van der Waals surface area (Å²) in [5.41, 5.74) is 7.14. The van der Waals surface area contributed by atoms with Crippen LogP contribution in [0.15, 0.2) is 91.0 Å². The van der Waals surface area contributed by atoms with Crippen molar-refractivity contribution < 1.29 is 39.5 Å². The number of rotatable bonds is 0. The molecule has 9 heteroatoms. The molecular weight excluding hydrogens is 748 g/mol. The van der Waals surface area contributed by atoms with Gasteiger partial charge in [0.1, 0.15) is 29.1 Å². The molecule has 0 spiro atoms. The van der Waals surface area contributed by atoms with Gasteiger partial charge in [-0.3, -0.25) is 0 Å². The molecule has 0 saturated carbocycles. The molecule has 0 aliphatic carbocycles. The molecule has 0 unspecified atom stereocenters. The summed E-state index contributed by atoms with van der Waals surface area (Å²) in [5, 5.41) is 0. The van der Waals surface area contributed by atoms with E-state index in [-0.39, 0.29) is 16.9 Å². The van der Waals surface area contributed by atoms with Crippen molar-refractivity contribution in [3.8, 4) is 0 Å². The molecule has 0 aliphatic rings. The van der Waals surface area contributed by atoms with Crippen molar-refractivity contribution in [2.45, 2.75) is 83.1 Å². The Morgan fingerprint density at radius 3 is 0.667 bits per heavy atom. The highest BCUT2D eigenvalue weighted by molar-refractivity contribution is 5.27. The van der Waals surface area contributed by atoms with Crippen molar-refractivity contribution >= 4 is 0 Å². The van der Waals surface area contributed by atoms with Gasteiger partial charge in [-0.2, -0.15) is 0 Å². The largest absolute Gasteiger partial charge is 0.207 e. The second-order valence-electron chi connectivity index (χ2n) is 13.8. The van der Waals surface area contributed by atoms with Gasteiger partial charge in [-0.25, -0.2) is 39.5 Å². The van der Waals surface area contributed by atoms with E-state index in [4.69, 9.17) is 0 Å². The van der Waals surface area contributed by atoms with Crippen LogP contribution in [0.25, 0.3) is 0 Å². The van der Waals surface area contributed by atoms with Crippen LogP contribution in [0, 0.1) is 135 Å². The molecule has 0 saturated heterocycles. The summed E-state index contributed by atoms with van der Waals surface area (Å²) in [6, 6.07) is 25.2. The van der Waals surface area contributed by atoms with E-state index < -0.39 is 46.5 Å². The molecule has 57 heavy (non-hydrogen) atoms. The molecule has 0 N–H and O–H groups in total. The van der Waals surface area contributed by atoms with Crippen LogP contribution in [0.4, 0.5) is 39.5 Å². The Morgan fingerprint density at radius 2 is 0.439 bits per heavy atom. The Kier molecular flexibility index (Phi) is 20.7. The molecule has 0 fully saturated rings. The van der Waals surface area contributed by atoms with Crippen LogP contribution in [-0.2, 0) is 0 Å². The zero-order valence-electron chi connectivity index (χ0n) is 34.6. The second kappa shape index (κ2) is 23.7. The van der Waals surface area contributed by atoms with E-state index in [1.54, 1.807) is 51.1 Å². The minimum Gasteiger partial charge on any atom is -0.207 e. The van der Waals surface area contributed by atoms with E-state index in [1.807, 2.05) is 13.0 Å². The molecule has 6 rings (SSSR count). The smallest absolute Gasteiger partial charge is 0.161 e. The van der Waals surface area contributed by atoms with Crippen molar-refractivity contribution in [2.24, 2.45) is 0 Å². The lowest BCUT2D eigenvalue weighted by molar-refractivity contribution is 0.497. The number of benzene rings is 6. The fraction of sp³-hybridized carbons (Fsp3) is 0.250. The Hall–Kier alpha value is -5.31. The topological polar surface area (TPSA) is 0 Å². The lowest BCUT2D eigenvalue weighted by Gasteiger charge is -1.99. The Balaban J connectivity index is 0.000000343. The monoisotopic (exact) mass is 798 g/mol. The molecule has 0 aliphatic heterocycles. The van der Waals surface area contributed by atoms with Crippen molar-refractivity contribution in [1.82, 2.24) is 0 Å². The van der Waals surface area contributed by atoms with Crippen molar-refractivity contribution in [3.05, 3.63) is 210 Å². The molecular formula is C48H51F9. The molecule has 0 radical (unpaired) electrons. The average Bonchev–Trinajstić information content (AvgIpc) is 3.15. The first kappa shape index (κ1) is 49.7. The fourth-order valence-corrected chi connectivity index (χ4v) is 4.36. The van der Waals surface area contributed by atoms with Crippen LogP contribution in [0.3, 0.4) is 0 Å². The Labute approximate surface area is 332 Å². The van der Waals surface area contributed by atoms with Gasteiger partial charge in [0.05, 0.1) is 0 Å². The summed E-state index contributed by atoms with van der Waals surface area (Å²) in [6.45, 7) is 20.1. The van der Waals surface area contributed by atoms with E-state index in [1.165, 1.54) is 83.0 Å². The van der Waals surface area contributed by atoms with Gasteiger partial charge >= 0.3 is 0 Å². The van der Waals surface area contributed by atoms with Gasteiger partial charge in [0.2, 0.25) is 0 Å². The normalized spacial score (nSPS) is 9.84. The fourth-order valence-electron chi connectivity index (χ4n) is 4.36. The van der Waals surface area contributed by atoms with E-state index in [0.29, 0.717) is 38.9 Å². The molecule has 0 amide bonds. The third-order valence-corrected chi connectivity index (χ3v) is 8.33. The summed E-state index contributed by atoms with van der Waals surface area (Å²) in [4.78, 5) is 0. The van der Waals surface area contributed by atoms with E-state index >= 15 is 0 Å². The summed E-state index contributed by atoms with van der Waals surface area (Å²) >= 11 is 0. The van der Waals surface area contributed by atoms with Crippen molar-refractivity contribution in [2.75, 3.05) is 0 Å². The summed E-state index contributed by atoms with van der Waals surface area (Å²) in [6.07, 6.45) is 0. The summed E-state index contributed by atoms with van der Waals surface area (Å²) < 4.78 is 113. The second-order valence-corrected chi connectivity index (χ2v) is 13.8. The molecule has 0 aromatic heterocycles. The number of hydrogen-bond acceptors (Lipinski definition) is 0. The van der Waals surface area contributed by atoms with Crippen LogP contribution in [-0.4, -0.2) is 0 Å². The highest BCUT2D eigenvalue weighted by atomic mass is 19.2. The Morgan fingerprint density at radius 1 is 0.228 bits per heavy atom. The molecule has 306 valence electrons. The summed E-state index contributed by atoms with van der Waals surface area (Å²) in [7, 11) is 0.